The first kappa shape index (κ1) is 13.1. The summed E-state index contributed by atoms with van der Waals surface area (Å²) < 4.78 is 0. The molecule has 0 aliphatic heterocycles. The highest BCUT2D eigenvalue weighted by Crippen LogP contribution is 2.27. The number of Topliss-reactive ketones (excluding diaryl/α,β-unsaturated/α-hetero) is 1. The molecule has 0 N–H and O–H groups in total. The lowest BCUT2D eigenvalue weighted by Crippen LogP contribution is -2.05. The van der Waals surface area contributed by atoms with Crippen molar-refractivity contribution in [3.8, 4) is 0 Å². The van der Waals surface area contributed by atoms with Crippen LogP contribution < -0.4 is 0 Å². The van der Waals surface area contributed by atoms with Crippen molar-refractivity contribution in [1.82, 2.24) is 4.98 Å². The van der Waals surface area contributed by atoms with E-state index < -0.39 is 0 Å². The monoisotopic (exact) mass is 277 g/mol. The molecule has 0 unspecified atom stereocenters. The Kier molecular flexibility index (Phi) is 4.39. The van der Waals surface area contributed by atoms with Crippen molar-refractivity contribution >= 4 is 29.1 Å². The number of aryl methyl sites for hydroxylation is 1. The number of carbonyl (C=O) groups is 1. The van der Waals surface area contributed by atoms with Crippen LogP contribution in [-0.4, -0.2) is 16.5 Å². The number of thioether (sulfide) groups is 1. The van der Waals surface area contributed by atoms with E-state index in [0.717, 1.165) is 10.5 Å². The number of ketones is 1. The number of carbonyl (C=O) groups excluding carboxylic acids is 1. The first-order valence-electron chi connectivity index (χ1n) is 5.49. The highest BCUT2D eigenvalue weighted by molar-refractivity contribution is 8.00. The molecule has 2 nitrogen and oxygen atoms in total. The van der Waals surface area contributed by atoms with Gasteiger partial charge in [-0.05, 0) is 30.7 Å². The van der Waals surface area contributed by atoms with E-state index >= 15 is 0 Å². The Hall–Kier alpha value is -1.32. The fourth-order valence-electron chi connectivity index (χ4n) is 1.54. The molecule has 2 rings (SSSR count). The maximum absolute atomic E-state index is 12.0. The molecule has 1 aromatic carbocycles. The van der Waals surface area contributed by atoms with Crippen molar-refractivity contribution in [2.45, 2.75) is 11.8 Å². The molecule has 0 radical (unpaired) electrons. The number of nitrogens with zero attached hydrogens (tertiary/aromatic N) is 1. The van der Waals surface area contributed by atoms with Crippen molar-refractivity contribution in [3.63, 3.8) is 0 Å². The van der Waals surface area contributed by atoms with E-state index in [1.807, 2.05) is 37.3 Å². The predicted molar refractivity (Wildman–Crippen MR) is 75.5 cm³/mol. The first-order chi connectivity index (χ1) is 8.68. The summed E-state index contributed by atoms with van der Waals surface area (Å²) in [7, 11) is 0. The van der Waals surface area contributed by atoms with E-state index in [9.17, 15) is 4.79 Å². The second-order valence-electron chi connectivity index (χ2n) is 3.83. The van der Waals surface area contributed by atoms with E-state index in [2.05, 4.69) is 4.98 Å². The summed E-state index contributed by atoms with van der Waals surface area (Å²) in [5, 5.41) is 0.679. The Balaban J connectivity index is 2.06. The zero-order valence-electron chi connectivity index (χ0n) is 9.89. The molecule has 1 aromatic heterocycles. The van der Waals surface area contributed by atoms with Gasteiger partial charge >= 0.3 is 0 Å². The van der Waals surface area contributed by atoms with Crippen molar-refractivity contribution in [2.24, 2.45) is 0 Å². The molecule has 0 atom stereocenters. The number of benzene rings is 1. The zero-order chi connectivity index (χ0) is 13.0. The van der Waals surface area contributed by atoms with E-state index in [1.165, 1.54) is 11.8 Å². The van der Waals surface area contributed by atoms with Gasteiger partial charge in [0.15, 0.2) is 5.78 Å². The van der Waals surface area contributed by atoms with Gasteiger partial charge in [0.1, 0.15) is 0 Å². The maximum atomic E-state index is 12.0. The molecular weight excluding hydrogens is 266 g/mol. The van der Waals surface area contributed by atoms with Crippen LogP contribution in [0.5, 0.6) is 0 Å². The molecule has 4 heteroatoms. The van der Waals surface area contributed by atoms with Gasteiger partial charge in [-0.15, -0.1) is 11.8 Å². The summed E-state index contributed by atoms with van der Waals surface area (Å²) >= 11 is 7.49. The molecule has 0 aliphatic rings. The van der Waals surface area contributed by atoms with E-state index in [0.29, 0.717) is 16.3 Å². The van der Waals surface area contributed by atoms with Crippen molar-refractivity contribution in [3.05, 3.63) is 58.9 Å². The van der Waals surface area contributed by atoms with Crippen LogP contribution in [0.25, 0.3) is 0 Å². The molecule has 1 heterocycles. The van der Waals surface area contributed by atoms with Crippen LogP contribution >= 0.6 is 23.4 Å². The Morgan fingerprint density at radius 1 is 1.33 bits per heavy atom. The SMILES string of the molecule is Cc1ccncc1C(=O)CSc1ccccc1Cl. The van der Waals surface area contributed by atoms with E-state index in [-0.39, 0.29) is 5.78 Å². The minimum Gasteiger partial charge on any atom is -0.293 e. The second-order valence-corrected chi connectivity index (χ2v) is 5.26. The summed E-state index contributed by atoms with van der Waals surface area (Å²) in [6.45, 7) is 1.91. The Morgan fingerprint density at radius 3 is 2.83 bits per heavy atom. The number of aromatic nitrogens is 1. The van der Waals surface area contributed by atoms with Gasteiger partial charge in [0.05, 0.1) is 10.8 Å². The summed E-state index contributed by atoms with van der Waals surface area (Å²) in [5.41, 5.74) is 1.63. The largest absolute Gasteiger partial charge is 0.293 e. The van der Waals surface area contributed by atoms with Crippen LogP contribution in [0, 0.1) is 6.92 Å². The highest BCUT2D eigenvalue weighted by Gasteiger charge is 2.10. The minimum absolute atomic E-state index is 0.0746. The second kappa shape index (κ2) is 6.03. The van der Waals surface area contributed by atoms with E-state index in [4.69, 9.17) is 11.6 Å². The molecule has 0 aliphatic carbocycles. The van der Waals surface area contributed by atoms with Gasteiger partial charge < -0.3 is 0 Å². The average molecular weight is 278 g/mol. The molecule has 92 valence electrons. The van der Waals surface area contributed by atoms with Crippen LogP contribution in [0.1, 0.15) is 15.9 Å². The summed E-state index contributed by atoms with van der Waals surface area (Å²) in [6.07, 6.45) is 3.30. The molecule has 0 bridgehead atoms. The molecule has 0 saturated heterocycles. The quantitative estimate of drug-likeness (QED) is 0.624. The lowest BCUT2D eigenvalue weighted by Gasteiger charge is -2.05. The molecule has 2 aromatic rings. The lowest BCUT2D eigenvalue weighted by molar-refractivity contribution is 0.102. The molecule has 0 spiro atoms. The number of rotatable bonds is 4. The highest BCUT2D eigenvalue weighted by atomic mass is 35.5. The van der Waals surface area contributed by atoms with Gasteiger partial charge in [-0.2, -0.15) is 0 Å². The molecule has 0 saturated carbocycles. The lowest BCUT2D eigenvalue weighted by atomic mass is 10.1. The average Bonchev–Trinajstić information content (AvgIpc) is 2.38. The van der Waals surface area contributed by atoms with Crippen molar-refractivity contribution < 1.29 is 4.79 Å². The molecule has 18 heavy (non-hydrogen) atoms. The molecular formula is C14H12ClNOS. The van der Waals surface area contributed by atoms with Gasteiger partial charge in [-0.1, -0.05) is 23.7 Å². The van der Waals surface area contributed by atoms with Crippen LogP contribution in [0.4, 0.5) is 0 Å². The smallest absolute Gasteiger partial charge is 0.174 e. The fourth-order valence-corrected chi connectivity index (χ4v) is 2.66. The third-order valence-corrected chi connectivity index (χ3v) is 4.05. The number of hydrogen-bond acceptors (Lipinski definition) is 3. The Morgan fingerprint density at radius 2 is 2.11 bits per heavy atom. The van der Waals surface area contributed by atoms with Crippen LogP contribution in [0.3, 0.4) is 0 Å². The number of hydrogen-bond donors (Lipinski definition) is 0. The topological polar surface area (TPSA) is 30.0 Å². The summed E-state index contributed by atoms with van der Waals surface area (Å²) in [4.78, 5) is 17.0. The third-order valence-electron chi connectivity index (χ3n) is 2.53. The minimum atomic E-state index is 0.0746. The van der Waals surface area contributed by atoms with Gasteiger partial charge in [0, 0.05) is 22.9 Å². The maximum Gasteiger partial charge on any atom is 0.174 e. The summed E-state index contributed by atoms with van der Waals surface area (Å²) in [5.74, 6) is 0.446. The third kappa shape index (κ3) is 3.12. The standard InChI is InChI=1S/C14H12ClNOS/c1-10-6-7-16-8-11(10)13(17)9-18-14-5-3-2-4-12(14)15/h2-8H,9H2,1H3. The van der Waals surface area contributed by atoms with Crippen molar-refractivity contribution in [1.29, 1.82) is 0 Å². The predicted octanol–water partition coefficient (Wildman–Crippen LogP) is 4.02. The fraction of sp³-hybridized carbons (Fsp3) is 0.143. The van der Waals surface area contributed by atoms with Crippen LogP contribution in [0.2, 0.25) is 5.02 Å². The summed E-state index contributed by atoms with van der Waals surface area (Å²) in [6, 6.07) is 9.36. The van der Waals surface area contributed by atoms with E-state index in [1.54, 1.807) is 12.4 Å². The Bertz CT molecular complexity index is 571. The zero-order valence-corrected chi connectivity index (χ0v) is 11.5. The van der Waals surface area contributed by atoms with Gasteiger partial charge in [0.2, 0.25) is 0 Å². The molecule has 0 amide bonds. The first-order valence-corrected chi connectivity index (χ1v) is 6.86. The number of halogens is 1. The van der Waals surface area contributed by atoms with Crippen LogP contribution in [-0.2, 0) is 0 Å². The van der Waals surface area contributed by atoms with Gasteiger partial charge in [0.25, 0.3) is 0 Å². The van der Waals surface area contributed by atoms with Crippen molar-refractivity contribution in [2.75, 3.05) is 5.75 Å². The normalized spacial score (nSPS) is 10.3. The van der Waals surface area contributed by atoms with Gasteiger partial charge in [-0.25, -0.2) is 0 Å². The van der Waals surface area contributed by atoms with Crippen LogP contribution in [0.15, 0.2) is 47.6 Å². The molecule has 0 fully saturated rings. The van der Waals surface area contributed by atoms with Gasteiger partial charge in [-0.3, -0.25) is 9.78 Å². The number of pyridine rings is 1. The Labute approximate surface area is 115 Å².